The van der Waals surface area contributed by atoms with Gasteiger partial charge in [0.25, 0.3) is 5.56 Å². The van der Waals surface area contributed by atoms with Crippen LogP contribution in [0.5, 0.6) is 0 Å². The van der Waals surface area contributed by atoms with Crippen LogP contribution in [0.1, 0.15) is 27.2 Å². The lowest BCUT2D eigenvalue weighted by atomic mass is 10.0. The lowest BCUT2D eigenvalue weighted by molar-refractivity contribution is 0.544. The van der Waals surface area contributed by atoms with E-state index >= 15 is 0 Å². The number of hydrogen-bond acceptors (Lipinski definition) is 3. The summed E-state index contributed by atoms with van der Waals surface area (Å²) in [5.74, 6) is 0.433. The summed E-state index contributed by atoms with van der Waals surface area (Å²) in [6.45, 7) is 6.09. The van der Waals surface area contributed by atoms with Gasteiger partial charge in [-0.25, -0.2) is 4.98 Å². The Kier molecular flexibility index (Phi) is 3.16. The standard InChI is InChI=1S/C9H14ClN3O/c1-4-9(2,3)13-7-6(10)8(14)12-5-11-7/h5H,4H2,1-3H3,(H2,11,12,13,14). The molecule has 1 heterocycles. The molecule has 4 nitrogen and oxygen atoms in total. The van der Waals surface area contributed by atoms with Crippen LogP contribution < -0.4 is 10.9 Å². The topological polar surface area (TPSA) is 57.8 Å². The second-order valence-electron chi connectivity index (χ2n) is 3.76. The summed E-state index contributed by atoms with van der Waals surface area (Å²) in [6.07, 6.45) is 2.25. The molecule has 0 aliphatic heterocycles. The van der Waals surface area contributed by atoms with Crippen molar-refractivity contribution in [1.29, 1.82) is 0 Å². The molecule has 0 spiro atoms. The molecule has 0 fully saturated rings. The largest absolute Gasteiger partial charge is 0.364 e. The van der Waals surface area contributed by atoms with Gasteiger partial charge in [-0.15, -0.1) is 0 Å². The lowest BCUT2D eigenvalue weighted by Crippen LogP contribution is -2.31. The summed E-state index contributed by atoms with van der Waals surface area (Å²) in [5.41, 5.74) is -0.444. The third kappa shape index (κ3) is 2.48. The van der Waals surface area contributed by atoms with Crippen LogP contribution in [0.25, 0.3) is 0 Å². The van der Waals surface area contributed by atoms with Crippen molar-refractivity contribution in [3.05, 3.63) is 21.7 Å². The first-order valence-electron chi connectivity index (χ1n) is 4.47. The van der Waals surface area contributed by atoms with E-state index in [1.54, 1.807) is 0 Å². The average molecular weight is 216 g/mol. The van der Waals surface area contributed by atoms with Gasteiger partial charge in [-0.05, 0) is 20.3 Å². The summed E-state index contributed by atoms with van der Waals surface area (Å²) in [6, 6.07) is 0. The fourth-order valence-corrected chi connectivity index (χ4v) is 1.03. The third-order valence-corrected chi connectivity index (χ3v) is 2.49. The van der Waals surface area contributed by atoms with E-state index in [1.165, 1.54) is 6.33 Å². The van der Waals surface area contributed by atoms with Crippen LogP contribution in [-0.2, 0) is 0 Å². The van der Waals surface area contributed by atoms with Gasteiger partial charge in [0.1, 0.15) is 5.02 Å². The summed E-state index contributed by atoms with van der Waals surface area (Å²) in [4.78, 5) is 17.5. The second kappa shape index (κ2) is 4.00. The zero-order chi connectivity index (χ0) is 10.8. The zero-order valence-corrected chi connectivity index (χ0v) is 9.27. The molecule has 0 saturated carbocycles. The molecule has 0 radical (unpaired) electrons. The number of anilines is 1. The Morgan fingerprint density at radius 2 is 2.29 bits per heavy atom. The molecule has 78 valence electrons. The van der Waals surface area contributed by atoms with Crippen molar-refractivity contribution in [1.82, 2.24) is 9.97 Å². The minimum absolute atomic E-state index is 0.106. The first kappa shape index (κ1) is 11.0. The molecule has 0 atom stereocenters. The molecule has 0 bridgehead atoms. The Bertz CT molecular complexity index is 373. The smallest absolute Gasteiger partial charge is 0.271 e. The molecule has 0 amide bonds. The highest BCUT2D eigenvalue weighted by Crippen LogP contribution is 2.19. The van der Waals surface area contributed by atoms with Crippen LogP contribution >= 0.6 is 11.6 Å². The van der Waals surface area contributed by atoms with Gasteiger partial charge in [0.05, 0.1) is 6.33 Å². The molecule has 0 aromatic carbocycles. The Morgan fingerprint density at radius 1 is 1.64 bits per heavy atom. The van der Waals surface area contributed by atoms with E-state index in [1.807, 2.05) is 20.8 Å². The highest BCUT2D eigenvalue weighted by molar-refractivity contribution is 6.32. The van der Waals surface area contributed by atoms with Crippen molar-refractivity contribution in [2.24, 2.45) is 0 Å². The highest BCUT2D eigenvalue weighted by atomic mass is 35.5. The van der Waals surface area contributed by atoms with Gasteiger partial charge in [0, 0.05) is 5.54 Å². The van der Waals surface area contributed by atoms with E-state index in [9.17, 15) is 4.79 Å². The Balaban J connectivity index is 2.98. The number of H-pyrrole nitrogens is 1. The number of nitrogens with one attached hydrogen (secondary N) is 2. The van der Waals surface area contributed by atoms with E-state index in [2.05, 4.69) is 15.3 Å². The van der Waals surface area contributed by atoms with E-state index in [4.69, 9.17) is 11.6 Å². The predicted molar refractivity (Wildman–Crippen MR) is 57.9 cm³/mol. The van der Waals surface area contributed by atoms with E-state index in [-0.39, 0.29) is 16.1 Å². The highest BCUT2D eigenvalue weighted by Gasteiger charge is 2.17. The van der Waals surface area contributed by atoms with Gasteiger partial charge in [0.2, 0.25) is 0 Å². The lowest BCUT2D eigenvalue weighted by Gasteiger charge is -2.25. The van der Waals surface area contributed by atoms with Gasteiger partial charge < -0.3 is 10.3 Å². The molecule has 14 heavy (non-hydrogen) atoms. The number of halogens is 1. The molecule has 0 unspecified atom stereocenters. The zero-order valence-electron chi connectivity index (χ0n) is 8.52. The number of nitrogens with zero attached hydrogens (tertiary/aromatic N) is 1. The SMILES string of the molecule is CCC(C)(C)Nc1nc[nH]c(=O)c1Cl. The molecule has 2 N–H and O–H groups in total. The van der Waals surface area contributed by atoms with Gasteiger partial charge in [-0.1, -0.05) is 18.5 Å². The van der Waals surface area contributed by atoms with Crippen molar-refractivity contribution in [2.75, 3.05) is 5.32 Å². The van der Waals surface area contributed by atoms with Gasteiger partial charge in [0.15, 0.2) is 5.82 Å². The molecule has 0 saturated heterocycles. The van der Waals surface area contributed by atoms with Crippen LogP contribution in [-0.4, -0.2) is 15.5 Å². The number of aromatic nitrogens is 2. The van der Waals surface area contributed by atoms with Crippen LogP contribution in [0, 0.1) is 0 Å². The average Bonchev–Trinajstić information content (AvgIpc) is 2.13. The maximum atomic E-state index is 11.1. The van der Waals surface area contributed by atoms with Crippen LogP contribution in [0.2, 0.25) is 5.02 Å². The first-order valence-corrected chi connectivity index (χ1v) is 4.85. The minimum atomic E-state index is -0.323. The molecular formula is C9H14ClN3O. The minimum Gasteiger partial charge on any atom is -0.364 e. The number of aromatic amines is 1. The fraction of sp³-hybridized carbons (Fsp3) is 0.556. The van der Waals surface area contributed by atoms with Crippen molar-refractivity contribution < 1.29 is 0 Å². The van der Waals surface area contributed by atoms with Gasteiger partial charge in [-0.3, -0.25) is 4.79 Å². The Morgan fingerprint density at radius 3 is 2.86 bits per heavy atom. The van der Waals surface area contributed by atoms with Crippen molar-refractivity contribution in [2.45, 2.75) is 32.7 Å². The second-order valence-corrected chi connectivity index (χ2v) is 4.13. The molecule has 1 aromatic heterocycles. The van der Waals surface area contributed by atoms with Gasteiger partial charge in [-0.2, -0.15) is 0 Å². The summed E-state index contributed by atoms with van der Waals surface area (Å²) >= 11 is 5.79. The van der Waals surface area contributed by atoms with Crippen molar-refractivity contribution in [3.8, 4) is 0 Å². The van der Waals surface area contributed by atoms with Crippen molar-refractivity contribution >= 4 is 17.4 Å². The predicted octanol–water partition coefficient (Wildman–Crippen LogP) is 2.02. The number of hydrogen-bond donors (Lipinski definition) is 2. The maximum absolute atomic E-state index is 11.1. The van der Waals surface area contributed by atoms with E-state index in [0.717, 1.165) is 6.42 Å². The van der Waals surface area contributed by atoms with E-state index < -0.39 is 0 Å². The number of rotatable bonds is 3. The fourth-order valence-electron chi connectivity index (χ4n) is 0.879. The normalized spacial score (nSPS) is 11.4. The Labute approximate surface area is 87.7 Å². The van der Waals surface area contributed by atoms with E-state index in [0.29, 0.717) is 5.82 Å². The Hall–Kier alpha value is -1.03. The monoisotopic (exact) mass is 215 g/mol. The van der Waals surface area contributed by atoms with Crippen molar-refractivity contribution in [3.63, 3.8) is 0 Å². The summed E-state index contributed by atoms with van der Waals surface area (Å²) in [7, 11) is 0. The van der Waals surface area contributed by atoms with Crippen LogP contribution in [0.4, 0.5) is 5.82 Å². The summed E-state index contributed by atoms with van der Waals surface area (Å²) < 4.78 is 0. The van der Waals surface area contributed by atoms with Gasteiger partial charge >= 0.3 is 0 Å². The summed E-state index contributed by atoms with van der Waals surface area (Å²) in [5, 5.41) is 3.22. The van der Waals surface area contributed by atoms with Crippen LogP contribution in [0.15, 0.2) is 11.1 Å². The molecule has 0 aliphatic rings. The molecule has 5 heteroatoms. The third-order valence-electron chi connectivity index (χ3n) is 2.14. The first-order chi connectivity index (χ1) is 6.46. The maximum Gasteiger partial charge on any atom is 0.271 e. The quantitative estimate of drug-likeness (QED) is 0.811. The molecule has 1 rings (SSSR count). The molecular weight excluding hydrogens is 202 g/mol. The molecule has 1 aromatic rings. The molecule has 0 aliphatic carbocycles. The van der Waals surface area contributed by atoms with Crippen LogP contribution in [0.3, 0.4) is 0 Å².